The molecular formula is C28H48N6S2. The normalized spacial score (nSPS) is 11.2. The van der Waals surface area contributed by atoms with Crippen molar-refractivity contribution in [2.45, 2.75) is 64.5 Å². The predicted molar refractivity (Wildman–Crippen MR) is 159 cm³/mol. The Balaban J connectivity index is 1.18. The maximum Gasteiger partial charge on any atom is 0.0312 e. The van der Waals surface area contributed by atoms with Crippen LogP contribution < -0.4 is 21.3 Å². The van der Waals surface area contributed by atoms with Crippen molar-refractivity contribution < 1.29 is 0 Å². The fraction of sp³-hybridized carbons (Fsp3) is 0.643. The van der Waals surface area contributed by atoms with Crippen molar-refractivity contribution >= 4 is 21.6 Å². The van der Waals surface area contributed by atoms with Crippen LogP contribution in [0.15, 0.2) is 49.1 Å². The summed E-state index contributed by atoms with van der Waals surface area (Å²) >= 11 is 0. The van der Waals surface area contributed by atoms with E-state index in [0.29, 0.717) is 0 Å². The van der Waals surface area contributed by atoms with E-state index < -0.39 is 0 Å². The number of rotatable bonds is 25. The quantitative estimate of drug-likeness (QED) is 0.105. The lowest BCUT2D eigenvalue weighted by molar-refractivity contribution is 0.569. The van der Waals surface area contributed by atoms with E-state index in [1.807, 2.05) is 58.5 Å². The van der Waals surface area contributed by atoms with Crippen LogP contribution in [0.1, 0.15) is 62.5 Å². The van der Waals surface area contributed by atoms with E-state index in [9.17, 15) is 0 Å². The third-order valence-corrected chi connectivity index (χ3v) is 8.23. The Morgan fingerprint density at radius 1 is 0.500 bits per heavy atom. The smallest absolute Gasteiger partial charge is 0.0312 e. The average Bonchev–Trinajstić information content (AvgIpc) is 2.92. The van der Waals surface area contributed by atoms with Crippen molar-refractivity contribution in [1.82, 2.24) is 31.2 Å². The third kappa shape index (κ3) is 19.0. The summed E-state index contributed by atoms with van der Waals surface area (Å²) in [6.45, 7) is 8.58. The van der Waals surface area contributed by atoms with Gasteiger partial charge in [-0.25, -0.2) is 0 Å². The first-order chi connectivity index (χ1) is 17.9. The monoisotopic (exact) mass is 532 g/mol. The lowest BCUT2D eigenvalue weighted by Crippen LogP contribution is -2.19. The van der Waals surface area contributed by atoms with Crippen molar-refractivity contribution in [3.63, 3.8) is 0 Å². The van der Waals surface area contributed by atoms with E-state index in [0.717, 1.165) is 52.4 Å². The SMILES string of the molecule is c1cncc(CNCCCCCCNCCSSCCNCCCCCCNCc2cccnc2)c1. The van der Waals surface area contributed by atoms with Crippen LogP contribution in [-0.4, -0.2) is 60.7 Å². The van der Waals surface area contributed by atoms with Gasteiger partial charge < -0.3 is 21.3 Å². The lowest BCUT2D eigenvalue weighted by atomic mass is 10.2. The molecule has 2 aromatic rings. The molecule has 0 aliphatic rings. The molecule has 36 heavy (non-hydrogen) atoms. The summed E-state index contributed by atoms with van der Waals surface area (Å²) < 4.78 is 0. The Hall–Kier alpha value is -1.16. The summed E-state index contributed by atoms with van der Waals surface area (Å²) in [4.78, 5) is 8.29. The van der Waals surface area contributed by atoms with Crippen LogP contribution in [-0.2, 0) is 13.1 Å². The Bertz CT molecular complexity index is 646. The predicted octanol–water partition coefficient (Wildman–Crippen LogP) is 5.04. The minimum absolute atomic E-state index is 0.925. The highest BCUT2D eigenvalue weighted by atomic mass is 33.1. The van der Waals surface area contributed by atoms with Gasteiger partial charge in [0.05, 0.1) is 0 Å². The van der Waals surface area contributed by atoms with Gasteiger partial charge in [0.15, 0.2) is 0 Å². The molecule has 0 aromatic carbocycles. The Kier molecular flexibility index (Phi) is 20.9. The second-order valence-corrected chi connectivity index (χ2v) is 11.8. The maximum absolute atomic E-state index is 4.15. The fourth-order valence-electron chi connectivity index (χ4n) is 3.77. The van der Waals surface area contributed by atoms with Gasteiger partial charge in [-0.15, -0.1) is 0 Å². The van der Waals surface area contributed by atoms with Gasteiger partial charge in [-0.3, -0.25) is 9.97 Å². The number of nitrogens with zero attached hydrogens (tertiary/aromatic N) is 2. The number of hydrogen-bond donors (Lipinski definition) is 4. The molecule has 0 aliphatic carbocycles. The van der Waals surface area contributed by atoms with E-state index in [1.165, 1.54) is 74.0 Å². The first-order valence-electron chi connectivity index (χ1n) is 13.8. The molecule has 0 saturated heterocycles. The molecule has 0 unspecified atom stereocenters. The van der Waals surface area contributed by atoms with Crippen LogP contribution in [0.5, 0.6) is 0 Å². The number of nitrogens with one attached hydrogen (secondary N) is 4. The molecule has 4 N–H and O–H groups in total. The summed E-state index contributed by atoms with van der Waals surface area (Å²) in [5.74, 6) is 2.38. The highest BCUT2D eigenvalue weighted by Crippen LogP contribution is 2.19. The Labute approximate surface area is 227 Å². The minimum Gasteiger partial charge on any atom is -0.316 e. The van der Waals surface area contributed by atoms with Gasteiger partial charge in [0.2, 0.25) is 0 Å². The second-order valence-electron chi connectivity index (χ2n) is 9.05. The molecule has 8 heteroatoms. The zero-order valence-electron chi connectivity index (χ0n) is 22.1. The fourth-order valence-corrected chi connectivity index (χ4v) is 5.67. The third-order valence-electron chi connectivity index (χ3n) is 5.83. The summed E-state index contributed by atoms with van der Waals surface area (Å²) in [5.41, 5.74) is 2.52. The minimum atomic E-state index is 0.925. The van der Waals surface area contributed by atoms with Crippen molar-refractivity contribution in [2.24, 2.45) is 0 Å². The molecule has 0 bridgehead atoms. The van der Waals surface area contributed by atoms with E-state index in [2.05, 4.69) is 43.4 Å². The van der Waals surface area contributed by atoms with Gasteiger partial charge in [0.1, 0.15) is 0 Å². The molecule has 0 saturated carbocycles. The largest absolute Gasteiger partial charge is 0.316 e. The van der Waals surface area contributed by atoms with Crippen LogP contribution in [0, 0.1) is 0 Å². The van der Waals surface area contributed by atoms with E-state index in [-0.39, 0.29) is 0 Å². The van der Waals surface area contributed by atoms with E-state index in [4.69, 9.17) is 0 Å². The zero-order chi connectivity index (χ0) is 25.2. The molecular weight excluding hydrogens is 484 g/mol. The number of pyridine rings is 2. The van der Waals surface area contributed by atoms with Gasteiger partial charge in [-0.05, 0) is 75.1 Å². The van der Waals surface area contributed by atoms with Gasteiger partial charge >= 0.3 is 0 Å². The first-order valence-corrected chi connectivity index (χ1v) is 16.3. The van der Waals surface area contributed by atoms with Gasteiger partial charge in [0, 0.05) is 62.5 Å². The van der Waals surface area contributed by atoms with Crippen LogP contribution in [0.25, 0.3) is 0 Å². The summed E-state index contributed by atoms with van der Waals surface area (Å²) in [7, 11) is 3.99. The number of hydrogen-bond acceptors (Lipinski definition) is 8. The molecule has 2 heterocycles. The molecule has 6 nitrogen and oxygen atoms in total. The zero-order valence-corrected chi connectivity index (χ0v) is 23.7. The first kappa shape index (κ1) is 31.1. The van der Waals surface area contributed by atoms with Crippen molar-refractivity contribution in [3.05, 3.63) is 60.2 Å². The average molecular weight is 533 g/mol. The van der Waals surface area contributed by atoms with Gasteiger partial charge in [-0.2, -0.15) is 0 Å². The molecule has 0 radical (unpaired) electrons. The number of aromatic nitrogens is 2. The number of unbranched alkanes of at least 4 members (excludes halogenated alkanes) is 6. The molecule has 202 valence electrons. The van der Waals surface area contributed by atoms with Crippen molar-refractivity contribution in [2.75, 3.05) is 50.8 Å². The molecule has 0 aliphatic heterocycles. The van der Waals surface area contributed by atoms with Crippen LogP contribution in [0.4, 0.5) is 0 Å². The Morgan fingerprint density at radius 3 is 1.31 bits per heavy atom. The highest BCUT2D eigenvalue weighted by Gasteiger charge is 1.96. The summed E-state index contributed by atoms with van der Waals surface area (Å²) in [6.07, 6.45) is 17.8. The molecule has 0 fully saturated rings. The highest BCUT2D eigenvalue weighted by molar-refractivity contribution is 8.76. The molecule has 0 spiro atoms. The van der Waals surface area contributed by atoms with Crippen LogP contribution >= 0.6 is 21.6 Å². The van der Waals surface area contributed by atoms with Crippen molar-refractivity contribution in [1.29, 1.82) is 0 Å². The molecule has 2 aromatic heterocycles. The molecule has 0 atom stereocenters. The van der Waals surface area contributed by atoms with E-state index in [1.54, 1.807) is 0 Å². The second kappa shape index (κ2) is 24.2. The Morgan fingerprint density at radius 2 is 0.917 bits per heavy atom. The maximum atomic E-state index is 4.15. The topological polar surface area (TPSA) is 73.9 Å². The van der Waals surface area contributed by atoms with E-state index >= 15 is 0 Å². The summed E-state index contributed by atoms with van der Waals surface area (Å²) in [6, 6.07) is 8.23. The van der Waals surface area contributed by atoms with Crippen molar-refractivity contribution in [3.8, 4) is 0 Å². The molecule has 0 amide bonds. The van der Waals surface area contributed by atoms with Gasteiger partial charge in [0.25, 0.3) is 0 Å². The summed E-state index contributed by atoms with van der Waals surface area (Å²) in [5, 5.41) is 14.2. The van der Waals surface area contributed by atoms with Gasteiger partial charge in [-0.1, -0.05) is 59.4 Å². The standard InChI is InChI=1S/C28H48N6S2/c1(3-7-15-31-23-27-11-9-17-33-25-27)5-13-29-19-21-35-36-22-20-30-14-6-2-4-8-16-32-24-28-12-10-18-34-26-28/h9-12,17-18,25-26,29-32H,1-8,13-16,19-24H2. The van der Waals surface area contributed by atoms with Crippen LogP contribution in [0.2, 0.25) is 0 Å². The molecule has 2 rings (SSSR count). The lowest BCUT2D eigenvalue weighted by Gasteiger charge is -2.07. The van der Waals surface area contributed by atoms with Crippen LogP contribution in [0.3, 0.4) is 0 Å².